The van der Waals surface area contributed by atoms with Crippen LogP contribution in [0.15, 0.2) is 78.9 Å². The Labute approximate surface area is 177 Å². The molecule has 0 aliphatic heterocycles. The summed E-state index contributed by atoms with van der Waals surface area (Å²) in [5.41, 5.74) is 4.08. The summed E-state index contributed by atoms with van der Waals surface area (Å²) < 4.78 is 8.05. The predicted octanol–water partition coefficient (Wildman–Crippen LogP) is 5.71. The number of rotatable bonds is 8. The topological polar surface area (TPSA) is 47.3 Å². The first-order valence-corrected chi connectivity index (χ1v) is 10.5. The molecule has 4 nitrogen and oxygen atoms in total. The van der Waals surface area contributed by atoms with E-state index in [1.54, 1.807) is 0 Å². The molecule has 30 heavy (non-hydrogen) atoms. The lowest BCUT2D eigenvalue weighted by atomic mass is 10.0. The van der Waals surface area contributed by atoms with Gasteiger partial charge >= 0.3 is 0 Å². The summed E-state index contributed by atoms with van der Waals surface area (Å²) in [6, 6.07) is 26.0. The molecule has 0 saturated carbocycles. The van der Waals surface area contributed by atoms with Gasteiger partial charge in [0.1, 0.15) is 17.7 Å². The zero-order chi connectivity index (χ0) is 20.9. The second-order valence-corrected chi connectivity index (χ2v) is 7.85. The van der Waals surface area contributed by atoms with Crippen LogP contribution in [0.25, 0.3) is 11.0 Å². The molecule has 4 aromatic rings. The molecule has 1 atom stereocenters. The highest BCUT2D eigenvalue weighted by Crippen LogP contribution is 2.26. The largest absolute Gasteiger partial charge is 0.494 e. The number of ether oxygens (including phenoxy) is 1. The van der Waals surface area contributed by atoms with Gasteiger partial charge in [0.05, 0.1) is 17.6 Å². The number of fused-ring (bicyclic) bond motifs is 1. The first kappa shape index (κ1) is 20.2. The Morgan fingerprint density at radius 1 is 0.867 bits per heavy atom. The standard InChI is InChI=1S/C26H28N2O2/c1-19(2)20-13-15-22(16-14-20)30-18-8-17-28-24-12-7-6-11-23(24)27-26(28)25(29)21-9-4-3-5-10-21/h3-7,9-16,19,25,29H,8,17-18H2,1-2H3. The summed E-state index contributed by atoms with van der Waals surface area (Å²) in [5, 5.41) is 11.0. The van der Waals surface area contributed by atoms with E-state index in [0.717, 1.165) is 35.3 Å². The lowest BCUT2D eigenvalue weighted by molar-refractivity contribution is 0.203. The Morgan fingerprint density at radius 2 is 1.57 bits per heavy atom. The summed E-state index contributed by atoms with van der Waals surface area (Å²) in [5.74, 6) is 2.08. The number of hydrogen-bond acceptors (Lipinski definition) is 3. The molecule has 0 spiro atoms. The van der Waals surface area contributed by atoms with Crippen molar-refractivity contribution in [3.8, 4) is 5.75 Å². The Hall–Kier alpha value is -3.11. The minimum Gasteiger partial charge on any atom is -0.494 e. The van der Waals surface area contributed by atoms with E-state index in [-0.39, 0.29) is 0 Å². The molecule has 1 unspecified atom stereocenters. The van der Waals surface area contributed by atoms with Crippen molar-refractivity contribution in [2.24, 2.45) is 0 Å². The Morgan fingerprint density at radius 3 is 2.30 bits per heavy atom. The molecule has 0 saturated heterocycles. The van der Waals surface area contributed by atoms with Gasteiger partial charge in [-0.3, -0.25) is 0 Å². The molecule has 4 rings (SSSR count). The molecule has 0 radical (unpaired) electrons. The van der Waals surface area contributed by atoms with Gasteiger partial charge in [0.25, 0.3) is 0 Å². The van der Waals surface area contributed by atoms with Crippen LogP contribution in [-0.4, -0.2) is 21.3 Å². The van der Waals surface area contributed by atoms with Crippen molar-refractivity contribution in [3.05, 3.63) is 95.8 Å². The highest BCUT2D eigenvalue weighted by Gasteiger charge is 2.19. The minimum atomic E-state index is -0.761. The van der Waals surface area contributed by atoms with Gasteiger partial charge in [-0.25, -0.2) is 4.98 Å². The molecule has 154 valence electrons. The number of aliphatic hydroxyl groups excluding tert-OH is 1. The Kier molecular flexibility index (Phi) is 6.15. The highest BCUT2D eigenvalue weighted by atomic mass is 16.5. The van der Waals surface area contributed by atoms with Crippen LogP contribution in [-0.2, 0) is 6.54 Å². The van der Waals surface area contributed by atoms with E-state index < -0.39 is 6.10 Å². The third-order valence-electron chi connectivity index (χ3n) is 5.39. The lowest BCUT2D eigenvalue weighted by Crippen LogP contribution is -2.12. The quantitative estimate of drug-likeness (QED) is 0.385. The zero-order valence-electron chi connectivity index (χ0n) is 17.5. The molecule has 0 bridgehead atoms. The summed E-state index contributed by atoms with van der Waals surface area (Å²) in [7, 11) is 0. The molecule has 0 aliphatic rings. The van der Waals surface area contributed by atoms with Crippen LogP contribution in [0.4, 0.5) is 0 Å². The van der Waals surface area contributed by atoms with Crippen molar-refractivity contribution in [1.82, 2.24) is 9.55 Å². The van der Waals surface area contributed by atoms with Crippen LogP contribution in [0, 0.1) is 0 Å². The van der Waals surface area contributed by atoms with Crippen molar-refractivity contribution in [2.75, 3.05) is 6.61 Å². The smallest absolute Gasteiger partial charge is 0.143 e. The summed E-state index contributed by atoms with van der Waals surface area (Å²) in [6.45, 7) is 5.71. The van der Waals surface area contributed by atoms with E-state index >= 15 is 0 Å². The number of para-hydroxylation sites is 2. The van der Waals surface area contributed by atoms with Gasteiger partial charge in [-0.2, -0.15) is 0 Å². The average Bonchev–Trinajstić information content (AvgIpc) is 3.15. The first-order chi connectivity index (χ1) is 14.6. The van der Waals surface area contributed by atoms with Gasteiger partial charge in [-0.05, 0) is 47.7 Å². The number of hydrogen-bond donors (Lipinski definition) is 1. The fourth-order valence-corrected chi connectivity index (χ4v) is 3.68. The predicted molar refractivity (Wildman–Crippen MR) is 121 cm³/mol. The van der Waals surface area contributed by atoms with Crippen LogP contribution < -0.4 is 4.74 Å². The third kappa shape index (κ3) is 4.39. The zero-order valence-corrected chi connectivity index (χ0v) is 17.5. The fraction of sp³-hybridized carbons (Fsp3) is 0.269. The Balaban J connectivity index is 1.48. The van der Waals surface area contributed by atoms with Crippen LogP contribution in [0.1, 0.15) is 49.2 Å². The van der Waals surface area contributed by atoms with Crippen molar-refractivity contribution in [1.29, 1.82) is 0 Å². The third-order valence-corrected chi connectivity index (χ3v) is 5.39. The van der Waals surface area contributed by atoms with Crippen LogP contribution in [0.3, 0.4) is 0 Å². The molecule has 1 N–H and O–H groups in total. The van der Waals surface area contributed by atoms with E-state index in [1.807, 2.05) is 60.7 Å². The number of aliphatic hydroxyl groups is 1. The highest BCUT2D eigenvalue weighted by molar-refractivity contribution is 5.76. The fourth-order valence-electron chi connectivity index (χ4n) is 3.68. The molecular weight excluding hydrogens is 372 g/mol. The number of nitrogens with zero attached hydrogens (tertiary/aromatic N) is 2. The van der Waals surface area contributed by atoms with Crippen molar-refractivity contribution < 1.29 is 9.84 Å². The second kappa shape index (κ2) is 9.14. The van der Waals surface area contributed by atoms with E-state index in [2.05, 4.69) is 36.6 Å². The van der Waals surface area contributed by atoms with Gasteiger partial charge in [0.15, 0.2) is 0 Å². The van der Waals surface area contributed by atoms with Crippen LogP contribution >= 0.6 is 0 Å². The maximum atomic E-state index is 11.0. The number of aryl methyl sites for hydroxylation is 1. The molecule has 1 heterocycles. The first-order valence-electron chi connectivity index (χ1n) is 10.5. The summed E-state index contributed by atoms with van der Waals surface area (Å²) in [4.78, 5) is 4.72. The van der Waals surface area contributed by atoms with Crippen LogP contribution in [0.2, 0.25) is 0 Å². The van der Waals surface area contributed by atoms with Gasteiger partial charge < -0.3 is 14.4 Å². The number of aromatic nitrogens is 2. The van der Waals surface area contributed by atoms with Gasteiger partial charge in [-0.15, -0.1) is 0 Å². The lowest BCUT2D eigenvalue weighted by Gasteiger charge is -2.15. The number of imidazole rings is 1. The SMILES string of the molecule is CC(C)c1ccc(OCCCn2c(C(O)c3ccccc3)nc3ccccc32)cc1. The van der Waals surface area contributed by atoms with Crippen LogP contribution in [0.5, 0.6) is 5.75 Å². The van der Waals surface area contributed by atoms with Gasteiger partial charge in [-0.1, -0.05) is 68.4 Å². The normalized spacial score (nSPS) is 12.4. The summed E-state index contributed by atoms with van der Waals surface area (Å²) >= 11 is 0. The Bertz CT molecular complexity index is 1090. The molecule has 4 heteroatoms. The van der Waals surface area contributed by atoms with E-state index in [9.17, 15) is 5.11 Å². The monoisotopic (exact) mass is 400 g/mol. The van der Waals surface area contributed by atoms with Crippen molar-refractivity contribution in [2.45, 2.75) is 38.8 Å². The van der Waals surface area contributed by atoms with Crippen molar-refractivity contribution >= 4 is 11.0 Å². The van der Waals surface area contributed by atoms with E-state index in [4.69, 9.17) is 9.72 Å². The molecule has 0 fully saturated rings. The number of benzene rings is 3. The van der Waals surface area contributed by atoms with E-state index in [1.165, 1.54) is 5.56 Å². The molecular formula is C26H28N2O2. The summed E-state index contributed by atoms with van der Waals surface area (Å²) in [6.07, 6.45) is 0.0592. The minimum absolute atomic E-state index is 0.517. The average molecular weight is 401 g/mol. The maximum absolute atomic E-state index is 11.0. The maximum Gasteiger partial charge on any atom is 0.143 e. The van der Waals surface area contributed by atoms with E-state index in [0.29, 0.717) is 18.3 Å². The molecule has 0 aliphatic carbocycles. The molecule has 0 amide bonds. The van der Waals surface area contributed by atoms with Gasteiger partial charge in [0, 0.05) is 6.54 Å². The van der Waals surface area contributed by atoms with Crippen molar-refractivity contribution in [3.63, 3.8) is 0 Å². The molecule has 1 aromatic heterocycles. The second-order valence-electron chi connectivity index (χ2n) is 7.85. The molecule has 3 aromatic carbocycles. The van der Waals surface area contributed by atoms with Gasteiger partial charge in [0.2, 0.25) is 0 Å².